The second-order valence-electron chi connectivity index (χ2n) is 7.67. The van der Waals surface area contributed by atoms with Crippen LogP contribution in [-0.4, -0.2) is 31.8 Å². The summed E-state index contributed by atoms with van der Waals surface area (Å²) in [5.41, 5.74) is 1.74. The lowest BCUT2D eigenvalue weighted by Crippen LogP contribution is -2.33. The van der Waals surface area contributed by atoms with Crippen molar-refractivity contribution < 1.29 is 9.21 Å². The van der Waals surface area contributed by atoms with Crippen molar-refractivity contribution in [1.29, 1.82) is 0 Å². The Morgan fingerprint density at radius 2 is 1.97 bits per heavy atom. The first-order valence-corrected chi connectivity index (χ1v) is 11.0. The lowest BCUT2D eigenvalue weighted by atomic mass is 10.1. The minimum absolute atomic E-state index is 0.0225. The van der Waals surface area contributed by atoms with Gasteiger partial charge in [0.25, 0.3) is 0 Å². The third-order valence-electron chi connectivity index (χ3n) is 5.10. The van der Waals surface area contributed by atoms with Gasteiger partial charge in [0.1, 0.15) is 11.6 Å². The lowest BCUT2D eigenvalue weighted by molar-refractivity contribution is -0.121. The highest BCUT2D eigenvalue weighted by molar-refractivity contribution is 6.30. The van der Waals surface area contributed by atoms with Crippen LogP contribution in [0.25, 0.3) is 5.65 Å². The minimum atomic E-state index is -0.0225. The van der Waals surface area contributed by atoms with Crippen LogP contribution >= 0.6 is 11.6 Å². The maximum absolute atomic E-state index is 12.4. The molecule has 32 heavy (non-hydrogen) atoms. The van der Waals surface area contributed by atoms with E-state index in [1.54, 1.807) is 10.8 Å². The van der Waals surface area contributed by atoms with Gasteiger partial charge in [-0.3, -0.25) is 4.79 Å². The highest BCUT2D eigenvalue weighted by Crippen LogP contribution is 2.13. The van der Waals surface area contributed by atoms with E-state index < -0.39 is 0 Å². The molecular weight excluding hydrogens is 428 g/mol. The quantitative estimate of drug-likeness (QED) is 0.376. The SMILES string of the molecule is C[C@H](CCc1ccco1)NC(=O)CCc1nnc2ccc(NCc3ccc(Cl)cc3)nn12. The van der Waals surface area contributed by atoms with Crippen LogP contribution in [0.2, 0.25) is 5.02 Å². The van der Waals surface area contributed by atoms with Crippen LogP contribution < -0.4 is 10.6 Å². The summed E-state index contributed by atoms with van der Waals surface area (Å²) in [6.07, 6.45) is 4.03. The van der Waals surface area contributed by atoms with Crippen molar-refractivity contribution in [2.75, 3.05) is 5.32 Å². The van der Waals surface area contributed by atoms with Crippen molar-refractivity contribution in [3.05, 3.63) is 77.0 Å². The van der Waals surface area contributed by atoms with E-state index in [0.717, 1.165) is 24.2 Å². The average Bonchev–Trinajstić information content (AvgIpc) is 3.45. The zero-order valence-corrected chi connectivity index (χ0v) is 18.5. The van der Waals surface area contributed by atoms with Crippen LogP contribution in [0.15, 0.2) is 59.2 Å². The fourth-order valence-corrected chi connectivity index (χ4v) is 3.46. The van der Waals surface area contributed by atoms with Gasteiger partial charge < -0.3 is 15.1 Å². The Bertz CT molecular complexity index is 1160. The van der Waals surface area contributed by atoms with Gasteiger partial charge in [-0.15, -0.1) is 15.3 Å². The number of rotatable bonds is 10. The van der Waals surface area contributed by atoms with Crippen molar-refractivity contribution in [1.82, 2.24) is 25.1 Å². The lowest BCUT2D eigenvalue weighted by Gasteiger charge is -2.13. The summed E-state index contributed by atoms with van der Waals surface area (Å²) in [7, 11) is 0. The second kappa shape index (κ2) is 10.3. The fourth-order valence-electron chi connectivity index (χ4n) is 3.34. The molecule has 0 unspecified atom stereocenters. The van der Waals surface area contributed by atoms with Crippen LogP contribution in [0.3, 0.4) is 0 Å². The summed E-state index contributed by atoms with van der Waals surface area (Å²) < 4.78 is 7.01. The molecule has 3 aromatic heterocycles. The van der Waals surface area contributed by atoms with Gasteiger partial charge in [0.05, 0.1) is 6.26 Å². The monoisotopic (exact) mass is 452 g/mol. The van der Waals surface area contributed by atoms with Gasteiger partial charge in [-0.2, -0.15) is 4.52 Å². The number of nitrogens with zero attached hydrogens (tertiary/aromatic N) is 4. The molecule has 0 saturated carbocycles. The van der Waals surface area contributed by atoms with Crippen LogP contribution in [0.1, 0.15) is 36.9 Å². The summed E-state index contributed by atoms with van der Waals surface area (Å²) >= 11 is 5.93. The highest BCUT2D eigenvalue weighted by Gasteiger charge is 2.12. The fraction of sp³-hybridized carbons (Fsp3) is 0.304. The smallest absolute Gasteiger partial charge is 0.220 e. The largest absolute Gasteiger partial charge is 0.469 e. The maximum atomic E-state index is 12.4. The number of hydrogen-bond acceptors (Lipinski definition) is 6. The molecule has 9 heteroatoms. The van der Waals surface area contributed by atoms with Crippen molar-refractivity contribution in [2.45, 2.75) is 45.2 Å². The molecule has 2 N–H and O–H groups in total. The molecule has 4 rings (SSSR count). The standard InChI is InChI=1S/C23H25ClN6O2/c1-16(4-9-19-3-2-14-32-19)26-23(31)13-12-22-28-27-21-11-10-20(29-30(21)22)25-15-17-5-7-18(24)8-6-17/h2-3,5-8,10-11,14,16H,4,9,12-13,15H2,1H3,(H,25,29)(H,26,31)/t16-/m1/s1. The van der Waals surface area contributed by atoms with Crippen molar-refractivity contribution in [2.24, 2.45) is 0 Å². The van der Waals surface area contributed by atoms with Crippen LogP contribution in [0.4, 0.5) is 5.82 Å². The molecule has 1 aromatic carbocycles. The van der Waals surface area contributed by atoms with E-state index >= 15 is 0 Å². The third kappa shape index (κ3) is 5.85. The topological polar surface area (TPSA) is 97.4 Å². The Hall–Kier alpha value is -3.39. The Balaban J connectivity index is 1.30. The number of anilines is 1. The molecule has 166 valence electrons. The van der Waals surface area contributed by atoms with Crippen molar-refractivity contribution >= 4 is 29.0 Å². The predicted molar refractivity (Wildman–Crippen MR) is 123 cm³/mol. The van der Waals surface area contributed by atoms with Gasteiger partial charge in [0.2, 0.25) is 5.91 Å². The van der Waals surface area contributed by atoms with Gasteiger partial charge in [0.15, 0.2) is 11.5 Å². The summed E-state index contributed by atoms with van der Waals surface area (Å²) in [6.45, 7) is 2.61. The Kier molecular flexibility index (Phi) is 7.01. The zero-order valence-electron chi connectivity index (χ0n) is 17.8. The number of aromatic nitrogens is 4. The summed E-state index contributed by atoms with van der Waals surface area (Å²) in [5.74, 6) is 2.25. The molecule has 4 aromatic rings. The average molecular weight is 453 g/mol. The van der Waals surface area contributed by atoms with E-state index in [0.29, 0.717) is 41.7 Å². The van der Waals surface area contributed by atoms with Gasteiger partial charge in [-0.05, 0) is 55.3 Å². The number of hydrogen-bond donors (Lipinski definition) is 2. The summed E-state index contributed by atoms with van der Waals surface area (Å²) in [6, 6.07) is 15.2. The Morgan fingerprint density at radius 3 is 2.75 bits per heavy atom. The maximum Gasteiger partial charge on any atom is 0.220 e. The van der Waals surface area contributed by atoms with Crippen LogP contribution in [0, 0.1) is 0 Å². The van der Waals surface area contributed by atoms with Gasteiger partial charge in [-0.25, -0.2) is 0 Å². The van der Waals surface area contributed by atoms with E-state index in [4.69, 9.17) is 16.0 Å². The first kappa shape index (κ1) is 21.8. The normalized spacial score (nSPS) is 12.1. The molecule has 0 saturated heterocycles. The second-order valence-corrected chi connectivity index (χ2v) is 8.11. The summed E-state index contributed by atoms with van der Waals surface area (Å²) in [5, 5.41) is 20.0. The number of furan rings is 1. The number of carbonyl (C=O) groups excluding carboxylic acids is 1. The molecule has 0 aliphatic rings. The first-order valence-electron chi connectivity index (χ1n) is 10.6. The van der Waals surface area contributed by atoms with Crippen molar-refractivity contribution in [3.63, 3.8) is 0 Å². The first-order chi connectivity index (χ1) is 15.6. The van der Waals surface area contributed by atoms with Gasteiger partial charge in [0, 0.05) is 36.9 Å². The third-order valence-corrected chi connectivity index (χ3v) is 5.35. The van der Waals surface area contributed by atoms with Crippen molar-refractivity contribution in [3.8, 4) is 0 Å². The minimum Gasteiger partial charge on any atom is -0.469 e. The van der Waals surface area contributed by atoms with E-state index in [2.05, 4.69) is 25.9 Å². The Labute approximate surface area is 191 Å². The molecular formula is C23H25ClN6O2. The number of benzene rings is 1. The molecule has 8 nitrogen and oxygen atoms in total. The number of halogens is 1. The van der Waals surface area contributed by atoms with Gasteiger partial charge >= 0.3 is 0 Å². The molecule has 3 heterocycles. The molecule has 0 fully saturated rings. The summed E-state index contributed by atoms with van der Waals surface area (Å²) in [4.78, 5) is 12.4. The number of amides is 1. The number of fused-ring (bicyclic) bond motifs is 1. The highest BCUT2D eigenvalue weighted by atomic mass is 35.5. The van der Waals surface area contributed by atoms with Gasteiger partial charge in [-0.1, -0.05) is 23.7 Å². The molecule has 0 aliphatic carbocycles. The van der Waals surface area contributed by atoms with E-state index in [1.807, 2.05) is 55.5 Å². The molecule has 1 atom stereocenters. The van der Waals surface area contributed by atoms with E-state index in [9.17, 15) is 4.79 Å². The molecule has 0 bridgehead atoms. The molecule has 1 amide bonds. The number of aryl methyl sites for hydroxylation is 2. The van der Waals surface area contributed by atoms with E-state index in [1.165, 1.54) is 0 Å². The number of nitrogens with one attached hydrogen (secondary N) is 2. The molecule has 0 aliphatic heterocycles. The zero-order chi connectivity index (χ0) is 22.3. The number of carbonyl (C=O) groups is 1. The Morgan fingerprint density at radius 1 is 1.12 bits per heavy atom. The van der Waals surface area contributed by atoms with E-state index in [-0.39, 0.29) is 11.9 Å². The molecule has 0 radical (unpaired) electrons. The van der Waals surface area contributed by atoms with Crippen LogP contribution in [-0.2, 0) is 24.2 Å². The molecule has 0 spiro atoms. The van der Waals surface area contributed by atoms with Crippen LogP contribution in [0.5, 0.6) is 0 Å². The predicted octanol–water partition coefficient (Wildman–Crippen LogP) is 4.05.